The van der Waals surface area contributed by atoms with Gasteiger partial charge in [0.2, 0.25) is 25.9 Å². The molecule has 33 heavy (non-hydrogen) atoms. The van der Waals surface area contributed by atoms with Crippen LogP contribution >= 0.6 is 0 Å². The molecule has 0 bridgehead atoms. The monoisotopic (exact) mass is 493 g/mol. The summed E-state index contributed by atoms with van der Waals surface area (Å²) in [7, 11) is -9.07. The fraction of sp³-hybridized carbons (Fsp3) is 0.176. The Hall–Kier alpha value is -3.28. The Bertz CT molecular complexity index is 1520. The molecule has 0 amide bonds. The van der Waals surface area contributed by atoms with Crippen LogP contribution in [0.3, 0.4) is 0 Å². The predicted octanol–water partition coefficient (Wildman–Crippen LogP) is -1.34. The molecule has 2 aromatic carbocycles. The van der Waals surface area contributed by atoms with Crippen LogP contribution in [0.5, 0.6) is 0 Å². The van der Waals surface area contributed by atoms with Crippen LogP contribution < -0.4 is 15.6 Å². The standard InChI is InChI=1S/C17H19N9O5S2/c18-9(7-27)6-22-33(30,31)13-5-4-10(11-2-1-3-12-15(11)21-8-20-12)14(16(13)32(19,28)29)17-23-25-26-24-17/h1-5,8-9,22,27H,6-7,18H2,(H,20,21)(H2,19,28,29)(H,23,24,25,26)/t9-/m0/s1. The third-order valence-electron chi connectivity index (χ3n) is 4.77. The van der Waals surface area contributed by atoms with Gasteiger partial charge in [-0.05, 0) is 22.9 Å². The van der Waals surface area contributed by atoms with E-state index >= 15 is 0 Å². The van der Waals surface area contributed by atoms with Crippen LogP contribution in [-0.4, -0.2) is 71.7 Å². The van der Waals surface area contributed by atoms with E-state index in [1.165, 1.54) is 12.4 Å². The molecule has 4 rings (SSSR count). The zero-order valence-electron chi connectivity index (χ0n) is 16.8. The maximum atomic E-state index is 13.0. The highest BCUT2D eigenvalue weighted by Gasteiger charge is 2.32. The quantitative estimate of drug-likeness (QED) is 0.169. The van der Waals surface area contributed by atoms with Gasteiger partial charge in [0, 0.05) is 18.2 Å². The second-order valence-corrected chi connectivity index (χ2v) is 10.2. The number of sulfonamides is 2. The number of benzene rings is 2. The Labute approximate surface area is 187 Å². The summed E-state index contributed by atoms with van der Waals surface area (Å²) in [5, 5.41) is 28.0. The fourth-order valence-electron chi connectivity index (χ4n) is 3.31. The molecule has 16 heteroatoms. The van der Waals surface area contributed by atoms with E-state index in [2.05, 4.69) is 35.3 Å². The summed E-state index contributed by atoms with van der Waals surface area (Å²) < 4.78 is 53.6. The number of para-hydroxylation sites is 1. The molecule has 0 spiro atoms. The number of H-pyrrole nitrogens is 2. The molecule has 2 heterocycles. The molecule has 0 fully saturated rings. The highest BCUT2D eigenvalue weighted by Crippen LogP contribution is 2.40. The Morgan fingerprint density at radius 2 is 1.91 bits per heavy atom. The Morgan fingerprint density at radius 1 is 1.12 bits per heavy atom. The van der Waals surface area contributed by atoms with E-state index in [0.29, 0.717) is 16.6 Å². The number of nitrogens with one attached hydrogen (secondary N) is 3. The predicted molar refractivity (Wildman–Crippen MR) is 116 cm³/mol. The van der Waals surface area contributed by atoms with Crippen molar-refractivity contribution in [3.05, 3.63) is 36.7 Å². The third-order valence-corrected chi connectivity index (χ3v) is 7.36. The van der Waals surface area contributed by atoms with Gasteiger partial charge in [0.15, 0.2) is 0 Å². The maximum absolute atomic E-state index is 13.0. The molecule has 174 valence electrons. The number of nitrogens with two attached hydrogens (primary N) is 2. The lowest BCUT2D eigenvalue weighted by Gasteiger charge is -2.17. The lowest BCUT2D eigenvalue weighted by molar-refractivity contribution is 0.266. The lowest BCUT2D eigenvalue weighted by Crippen LogP contribution is -2.39. The molecule has 8 N–H and O–H groups in total. The average molecular weight is 494 g/mol. The van der Waals surface area contributed by atoms with Crippen LogP contribution in [0.2, 0.25) is 0 Å². The summed E-state index contributed by atoms with van der Waals surface area (Å²) >= 11 is 0. The van der Waals surface area contributed by atoms with Gasteiger partial charge in [0.05, 0.1) is 29.5 Å². The molecule has 0 saturated carbocycles. The highest BCUT2D eigenvalue weighted by molar-refractivity contribution is 7.92. The largest absolute Gasteiger partial charge is 0.395 e. The van der Waals surface area contributed by atoms with Crippen LogP contribution in [0, 0.1) is 0 Å². The number of aliphatic hydroxyl groups excluding tert-OH is 1. The summed E-state index contributed by atoms with van der Waals surface area (Å²) in [6, 6.07) is 6.79. The van der Waals surface area contributed by atoms with E-state index in [9.17, 15) is 16.8 Å². The number of aromatic amines is 2. The molecule has 14 nitrogen and oxygen atoms in total. The highest BCUT2D eigenvalue weighted by atomic mass is 32.2. The number of rotatable bonds is 8. The van der Waals surface area contributed by atoms with Crippen molar-refractivity contribution in [3.8, 4) is 22.5 Å². The number of primary sulfonamides is 1. The van der Waals surface area contributed by atoms with Gasteiger partial charge in [0.25, 0.3) is 0 Å². The van der Waals surface area contributed by atoms with Crippen molar-refractivity contribution in [3.63, 3.8) is 0 Å². The molecule has 0 aliphatic heterocycles. The van der Waals surface area contributed by atoms with Gasteiger partial charge in [-0.15, -0.1) is 10.2 Å². The van der Waals surface area contributed by atoms with Crippen molar-refractivity contribution in [1.82, 2.24) is 35.3 Å². The molecule has 0 saturated heterocycles. The first kappa shape index (κ1) is 22.9. The van der Waals surface area contributed by atoms with E-state index in [1.54, 1.807) is 18.2 Å². The van der Waals surface area contributed by atoms with E-state index in [4.69, 9.17) is 16.0 Å². The van der Waals surface area contributed by atoms with Crippen LogP contribution in [0.25, 0.3) is 33.5 Å². The molecule has 2 aromatic heterocycles. The van der Waals surface area contributed by atoms with E-state index in [0.717, 1.165) is 6.07 Å². The second-order valence-electron chi connectivity index (χ2n) is 6.99. The van der Waals surface area contributed by atoms with E-state index in [1.807, 2.05) is 0 Å². The SMILES string of the molecule is N[C@H](CO)CNS(=O)(=O)c1ccc(-c2cccc3[nH]cnc23)c(-c2nn[nH]n2)c1S(N)(=O)=O. The topological polar surface area (TPSA) is 236 Å². The van der Waals surface area contributed by atoms with Gasteiger partial charge in [-0.1, -0.05) is 18.2 Å². The van der Waals surface area contributed by atoms with Crippen molar-refractivity contribution in [1.29, 1.82) is 0 Å². The lowest BCUT2D eigenvalue weighted by atomic mass is 9.98. The molecule has 0 aliphatic carbocycles. The molecular formula is C17H19N9O5S2. The van der Waals surface area contributed by atoms with Crippen molar-refractivity contribution >= 4 is 31.1 Å². The Balaban J connectivity index is 2.05. The van der Waals surface area contributed by atoms with Gasteiger partial charge in [-0.3, -0.25) is 0 Å². The minimum absolute atomic E-state index is 0.170. The van der Waals surface area contributed by atoms with Gasteiger partial charge in [0.1, 0.15) is 9.79 Å². The van der Waals surface area contributed by atoms with E-state index in [-0.39, 0.29) is 23.5 Å². The first-order chi connectivity index (χ1) is 15.6. The maximum Gasteiger partial charge on any atom is 0.242 e. The van der Waals surface area contributed by atoms with Crippen molar-refractivity contribution in [2.45, 2.75) is 15.8 Å². The summed E-state index contributed by atoms with van der Waals surface area (Å²) in [6.45, 7) is -0.819. The van der Waals surface area contributed by atoms with Crippen LogP contribution in [-0.2, 0) is 20.0 Å². The Morgan fingerprint density at radius 3 is 2.58 bits per heavy atom. The van der Waals surface area contributed by atoms with Crippen molar-refractivity contribution in [2.24, 2.45) is 10.9 Å². The summed E-state index contributed by atoms with van der Waals surface area (Å²) in [6.07, 6.45) is 1.47. The zero-order valence-corrected chi connectivity index (χ0v) is 18.4. The minimum Gasteiger partial charge on any atom is -0.395 e. The molecule has 0 aliphatic rings. The fourth-order valence-corrected chi connectivity index (χ4v) is 6.01. The zero-order chi connectivity index (χ0) is 23.8. The molecular weight excluding hydrogens is 474 g/mol. The van der Waals surface area contributed by atoms with Gasteiger partial charge < -0.3 is 15.8 Å². The number of aliphatic hydroxyl groups is 1. The number of fused-ring (bicyclic) bond motifs is 1. The molecule has 0 unspecified atom stereocenters. The Kier molecular flexibility index (Phi) is 5.95. The third kappa shape index (κ3) is 4.34. The number of tetrazole rings is 1. The second kappa shape index (κ2) is 8.58. The molecule has 0 radical (unpaired) electrons. The van der Waals surface area contributed by atoms with Gasteiger partial charge in [-0.25, -0.2) is 31.7 Å². The molecule has 1 atom stereocenters. The van der Waals surface area contributed by atoms with Crippen LogP contribution in [0.15, 0.2) is 46.5 Å². The summed E-state index contributed by atoms with van der Waals surface area (Å²) in [4.78, 5) is 5.87. The van der Waals surface area contributed by atoms with Crippen molar-refractivity contribution in [2.75, 3.05) is 13.2 Å². The first-order valence-corrected chi connectivity index (χ1v) is 12.4. The number of imidazole rings is 1. The average Bonchev–Trinajstić information content (AvgIpc) is 3.47. The van der Waals surface area contributed by atoms with Crippen LogP contribution in [0.1, 0.15) is 0 Å². The molecule has 4 aromatic rings. The number of aromatic nitrogens is 6. The normalized spacial score (nSPS) is 13.4. The van der Waals surface area contributed by atoms with E-state index < -0.39 is 42.5 Å². The number of hydrogen-bond donors (Lipinski definition) is 6. The number of nitrogens with zero attached hydrogens (tertiary/aromatic N) is 4. The van der Waals surface area contributed by atoms with Gasteiger partial charge >= 0.3 is 0 Å². The van der Waals surface area contributed by atoms with Crippen molar-refractivity contribution < 1.29 is 21.9 Å². The summed E-state index contributed by atoms with van der Waals surface area (Å²) in [5.41, 5.74) is 7.32. The number of hydrogen-bond acceptors (Lipinski definition) is 10. The summed E-state index contributed by atoms with van der Waals surface area (Å²) in [5.74, 6) is -0.189. The van der Waals surface area contributed by atoms with Gasteiger partial charge in [-0.2, -0.15) is 5.21 Å². The smallest absolute Gasteiger partial charge is 0.242 e. The minimum atomic E-state index is -4.64. The first-order valence-electron chi connectivity index (χ1n) is 9.35. The van der Waals surface area contributed by atoms with Crippen LogP contribution in [0.4, 0.5) is 0 Å².